The van der Waals surface area contributed by atoms with Crippen molar-refractivity contribution in [2.24, 2.45) is 7.05 Å². The van der Waals surface area contributed by atoms with Crippen molar-refractivity contribution in [1.82, 2.24) is 15.1 Å². The summed E-state index contributed by atoms with van der Waals surface area (Å²) in [7, 11) is 1.89. The van der Waals surface area contributed by atoms with Gasteiger partial charge in [0.25, 0.3) is 0 Å². The number of anilines is 1. The van der Waals surface area contributed by atoms with E-state index in [1.807, 2.05) is 68.8 Å². The van der Waals surface area contributed by atoms with Crippen molar-refractivity contribution in [3.8, 4) is 22.6 Å². The summed E-state index contributed by atoms with van der Waals surface area (Å²) in [6.45, 7) is 2.40. The average molecular weight is 526 g/mol. The van der Waals surface area contributed by atoms with E-state index in [9.17, 15) is 4.79 Å². The molecule has 1 heterocycles. The zero-order valence-electron chi connectivity index (χ0n) is 18.1. The van der Waals surface area contributed by atoms with Gasteiger partial charge in [-0.1, -0.05) is 41.9 Å². The third-order valence-electron chi connectivity index (χ3n) is 4.94. The van der Waals surface area contributed by atoms with E-state index in [2.05, 4.69) is 31.7 Å². The summed E-state index contributed by atoms with van der Waals surface area (Å²) in [5, 5.41) is 10.2. The molecule has 2 amide bonds. The van der Waals surface area contributed by atoms with E-state index in [-0.39, 0.29) is 6.03 Å². The van der Waals surface area contributed by atoms with E-state index in [1.54, 1.807) is 22.9 Å². The van der Waals surface area contributed by atoms with E-state index >= 15 is 0 Å². The molecule has 0 bridgehead atoms. The lowest BCUT2D eigenvalue weighted by atomic mass is 10.1. The molecule has 6 nitrogen and oxygen atoms in total. The van der Waals surface area contributed by atoms with Crippen molar-refractivity contribution < 1.29 is 9.53 Å². The zero-order chi connectivity index (χ0) is 23.4. The lowest BCUT2D eigenvalue weighted by molar-refractivity contribution is 0.251. The molecule has 0 spiro atoms. The summed E-state index contributed by atoms with van der Waals surface area (Å²) in [4.78, 5) is 12.3. The predicted molar refractivity (Wildman–Crippen MR) is 135 cm³/mol. The van der Waals surface area contributed by atoms with E-state index < -0.39 is 0 Å². The summed E-state index contributed by atoms with van der Waals surface area (Å²) >= 11 is 9.86. The number of amides is 2. The minimum Gasteiger partial charge on any atom is -0.455 e. The van der Waals surface area contributed by atoms with Crippen LogP contribution in [0.4, 0.5) is 10.5 Å². The van der Waals surface area contributed by atoms with E-state index in [0.29, 0.717) is 28.8 Å². The molecule has 3 aromatic carbocycles. The van der Waals surface area contributed by atoms with Gasteiger partial charge in [-0.25, -0.2) is 4.79 Å². The van der Waals surface area contributed by atoms with E-state index in [4.69, 9.17) is 16.3 Å². The van der Waals surface area contributed by atoms with E-state index in [1.165, 1.54) is 0 Å². The average Bonchev–Trinajstić information content (AvgIpc) is 3.22. The number of rotatable bonds is 6. The molecule has 4 aromatic rings. The number of carbonyl (C=O) groups is 1. The maximum atomic E-state index is 12.3. The highest BCUT2D eigenvalue weighted by atomic mass is 79.9. The van der Waals surface area contributed by atoms with Crippen molar-refractivity contribution >= 4 is 39.2 Å². The standard InChI is InChI=1S/C25H22BrClN4O2/c1-16-3-9-23(21(26)11-16)33-24-10-8-20(12-22(24)27)30-25(32)28-13-17-4-6-18(7-5-17)19-14-29-31(2)15-19/h3-12,14-15H,13H2,1-2H3,(H2,28,30,32). The summed E-state index contributed by atoms with van der Waals surface area (Å²) in [6, 6.07) is 18.6. The molecule has 0 unspecified atom stereocenters. The molecule has 0 saturated carbocycles. The van der Waals surface area contributed by atoms with Gasteiger partial charge in [0.1, 0.15) is 11.5 Å². The van der Waals surface area contributed by atoms with E-state index in [0.717, 1.165) is 26.7 Å². The van der Waals surface area contributed by atoms with Crippen molar-refractivity contribution in [2.75, 3.05) is 5.32 Å². The van der Waals surface area contributed by atoms with Crippen LogP contribution in [0.25, 0.3) is 11.1 Å². The van der Waals surface area contributed by atoms with Gasteiger partial charge in [-0.15, -0.1) is 0 Å². The second kappa shape index (κ2) is 10.1. The van der Waals surface area contributed by atoms with Crippen molar-refractivity contribution in [2.45, 2.75) is 13.5 Å². The fourth-order valence-electron chi connectivity index (χ4n) is 3.21. The van der Waals surface area contributed by atoms with Gasteiger partial charge in [-0.3, -0.25) is 4.68 Å². The van der Waals surface area contributed by atoms with Gasteiger partial charge in [0, 0.05) is 31.0 Å². The number of hydrogen-bond donors (Lipinski definition) is 2. The number of nitrogens with one attached hydrogen (secondary N) is 2. The van der Waals surface area contributed by atoms with Crippen LogP contribution in [0.1, 0.15) is 11.1 Å². The van der Waals surface area contributed by atoms with Crippen LogP contribution in [0.2, 0.25) is 5.02 Å². The Labute approximate surface area is 205 Å². The minimum absolute atomic E-state index is 0.322. The fourth-order valence-corrected chi connectivity index (χ4v) is 4.00. The van der Waals surface area contributed by atoms with Gasteiger partial charge in [0.15, 0.2) is 0 Å². The lowest BCUT2D eigenvalue weighted by Gasteiger charge is -2.12. The molecule has 8 heteroatoms. The number of hydrogen-bond acceptors (Lipinski definition) is 3. The van der Waals surface area contributed by atoms with Gasteiger partial charge in [-0.05, 0) is 69.9 Å². The van der Waals surface area contributed by atoms with Gasteiger partial charge in [0.2, 0.25) is 0 Å². The van der Waals surface area contributed by atoms with Crippen molar-refractivity contribution in [1.29, 1.82) is 0 Å². The molecule has 0 saturated heterocycles. The molecule has 168 valence electrons. The molecular formula is C25H22BrClN4O2. The Hall–Kier alpha value is -3.29. The van der Waals surface area contributed by atoms with Crippen LogP contribution in [0.3, 0.4) is 0 Å². The van der Waals surface area contributed by atoms with Crippen LogP contribution >= 0.6 is 27.5 Å². The number of urea groups is 1. The molecule has 0 atom stereocenters. The van der Waals surface area contributed by atoms with Gasteiger partial charge in [-0.2, -0.15) is 5.10 Å². The highest BCUT2D eigenvalue weighted by Gasteiger charge is 2.09. The lowest BCUT2D eigenvalue weighted by Crippen LogP contribution is -2.28. The Balaban J connectivity index is 1.32. The maximum Gasteiger partial charge on any atom is 0.319 e. The quantitative estimate of drug-likeness (QED) is 0.287. The van der Waals surface area contributed by atoms with Gasteiger partial charge in [0.05, 0.1) is 15.7 Å². The number of carbonyl (C=O) groups excluding carboxylic acids is 1. The van der Waals surface area contributed by atoms with Gasteiger partial charge < -0.3 is 15.4 Å². The first-order valence-corrected chi connectivity index (χ1v) is 11.4. The zero-order valence-corrected chi connectivity index (χ0v) is 20.4. The van der Waals surface area contributed by atoms with Crippen LogP contribution in [0, 0.1) is 6.92 Å². The molecule has 0 radical (unpaired) electrons. The fraction of sp³-hybridized carbons (Fsp3) is 0.120. The Bertz CT molecular complexity index is 1290. The van der Waals surface area contributed by atoms with Crippen LogP contribution in [0.15, 0.2) is 77.5 Å². The molecule has 0 aliphatic heterocycles. The number of halogens is 2. The SMILES string of the molecule is Cc1ccc(Oc2ccc(NC(=O)NCc3ccc(-c4cnn(C)c4)cc3)cc2Cl)c(Br)c1. The largest absolute Gasteiger partial charge is 0.455 e. The molecular weight excluding hydrogens is 504 g/mol. The first-order chi connectivity index (χ1) is 15.9. The molecule has 0 fully saturated rings. The molecule has 0 aliphatic carbocycles. The first kappa shape index (κ1) is 22.9. The smallest absolute Gasteiger partial charge is 0.319 e. The first-order valence-electron chi connectivity index (χ1n) is 10.2. The second-order valence-electron chi connectivity index (χ2n) is 7.59. The molecule has 0 aliphatic rings. The molecule has 33 heavy (non-hydrogen) atoms. The predicted octanol–water partition coefficient (Wildman–Crippen LogP) is 6.93. The number of ether oxygens (including phenoxy) is 1. The maximum absolute atomic E-state index is 12.3. The normalized spacial score (nSPS) is 10.7. The Morgan fingerprint density at radius 1 is 1.06 bits per heavy atom. The van der Waals surface area contributed by atoms with Crippen molar-refractivity contribution in [3.63, 3.8) is 0 Å². The molecule has 1 aromatic heterocycles. The van der Waals surface area contributed by atoms with Gasteiger partial charge >= 0.3 is 6.03 Å². The molecule has 2 N–H and O–H groups in total. The van der Waals surface area contributed by atoms with Crippen molar-refractivity contribution in [3.05, 3.63) is 93.7 Å². The summed E-state index contributed by atoms with van der Waals surface area (Å²) in [6.07, 6.45) is 3.78. The summed E-state index contributed by atoms with van der Waals surface area (Å²) < 4.78 is 8.50. The summed E-state index contributed by atoms with van der Waals surface area (Å²) in [5.41, 5.74) is 4.80. The summed E-state index contributed by atoms with van der Waals surface area (Å²) in [5.74, 6) is 1.16. The van der Waals surface area contributed by atoms with Crippen LogP contribution in [-0.2, 0) is 13.6 Å². The third-order valence-corrected chi connectivity index (χ3v) is 5.86. The Morgan fingerprint density at radius 2 is 1.82 bits per heavy atom. The Morgan fingerprint density at radius 3 is 2.48 bits per heavy atom. The van der Waals surface area contributed by atoms with Crippen LogP contribution < -0.4 is 15.4 Å². The number of benzene rings is 3. The number of aromatic nitrogens is 2. The topological polar surface area (TPSA) is 68.2 Å². The number of nitrogens with zero attached hydrogens (tertiary/aromatic N) is 2. The third kappa shape index (κ3) is 5.94. The number of aryl methyl sites for hydroxylation is 2. The van der Waals surface area contributed by atoms with Crippen LogP contribution in [0.5, 0.6) is 11.5 Å². The highest BCUT2D eigenvalue weighted by Crippen LogP contribution is 2.35. The van der Waals surface area contributed by atoms with Crippen LogP contribution in [-0.4, -0.2) is 15.8 Å². The minimum atomic E-state index is -0.322. The second-order valence-corrected chi connectivity index (χ2v) is 8.85. The monoisotopic (exact) mass is 524 g/mol. The Kier molecular flexibility index (Phi) is 7.01. The molecule has 4 rings (SSSR count). The highest BCUT2D eigenvalue weighted by molar-refractivity contribution is 9.10.